The molecule has 1 aliphatic heterocycles. The Kier molecular flexibility index (Phi) is 4.34. The van der Waals surface area contributed by atoms with E-state index in [-0.39, 0.29) is 37.3 Å². The maximum atomic E-state index is 13.8. The summed E-state index contributed by atoms with van der Waals surface area (Å²) >= 11 is 0. The van der Waals surface area contributed by atoms with Crippen molar-refractivity contribution >= 4 is 11.8 Å². The Morgan fingerprint density at radius 1 is 1.20 bits per heavy atom. The van der Waals surface area contributed by atoms with E-state index < -0.39 is 0 Å². The fourth-order valence-corrected chi connectivity index (χ4v) is 2.22. The van der Waals surface area contributed by atoms with E-state index in [1.165, 1.54) is 15.9 Å². The highest BCUT2D eigenvalue weighted by molar-refractivity contribution is 5.92. The van der Waals surface area contributed by atoms with Crippen molar-refractivity contribution in [2.45, 2.75) is 20.0 Å². The fourth-order valence-electron chi connectivity index (χ4n) is 2.22. The predicted octanol–water partition coefficient (Wildman–Crippen LogP) is 0.475. The van der Waals surface area contributed by atoms with E-state index in [9.17, 15) is 14.0 Å². The molecule has 1 aliphatic rings. The van der Waals surface area contributed by atoms with Crippen LogP contribution in [0, 0.1) is 5.82 Å². The molecule has 1 saturated heterocycles. The van der Waals surface area contributed by atoms with Gasteiger partial charge in [-0.05, 0) is 24.6 Å². The average molecular weight is 279 g/mol. The van der Waals surface area contributed by atoms with Crippen molar-refractivity contribution in [1.29, 1.82) is 0 Å². The standard InChI is InChI=1S/C14H18FN3O2/c1-2-17-8-14(20)18(9-13(17)19)7-11-5-10(6-16)3-4-12(11)15/h3-5H,2,6-9,16H2,1H3. The van der Waals surface area contributed by atoms with Gasteiger partial charge in [-0.3, -0.25) is 9.59 Å². The molecule has 1 aromatic rings. The minimum atomic E-state index is -0.389. The topological polar surface area (TPSA) is 66.6 Å². The van der Waals surface area contributed by atoms with Crippen molar-refractivity contribution in [3.63, 3.8) is 0 Å². The number of carbonyl (C=O) groups is 2. The van der Waals surface area contributed by atoms with Crippen LogP contribution in [-0.4, -0.2) is 41.2 Å². The van der Waals surface area contributed by atoms with Gasteiger partial charge in [0.05, 0.1) is 6.54 Å². The maximum absolute atomic E-state index is 13.8. The minimum absolute atomic E-state index is 0.00103. The van der Waals surface area contributed by atoms with Gasteiger partial charge in [0, 0.05) is 25.2 Å². The average Bonchev–Trinajstić information content (AvgIpc) is 2.44. The van der Waals surface area contributed by atoms with E-state index in [2.05, 4.69) is 0 Å². The summed E-state index contributed by atoms with van der Waals surface area (Å²) in [6, 6.07) is 4.59. The van der Waals surface area contributed by atoms with Crippen molar-refractivity contribution in [2.24, 2.45) is 5.73 Å². The van der Waals surface area contributed by atoms with Crippen molar-refractivity contribution < 1.29 is 14.0 Å². The van der Waals surface area contributed by atoms with Crippen LogP contribution in [0.2, 0.25) is 0 Å². The molecule has 1 fully saturated rings. The molecule has 108 valence electrons. The number of likely N-dealkylation sites (N-methyl/N-ethyl adjacent to an activating group) is 1. The van der Waals surface area contributed by atoms with Crippen molar-refractivity contribution in [2.75, 3.05) is 19.6 Å². The molecule has 0 radical (unpaired) electrons. The number of carbonyl (C=O) groups excluding carboxylic acids is 2. The Balaban J connectivity index is 2.14. The maximum Gasteiger partial charge on any atom is 0.242 e. The highest BCUT2D eigenvalue weighted by Gasteiger charge is 2.29. The lowest BCUT2D eigenvalue weighted by Crippen LogP contribution is -2.53. The van der Waals surface area contributed by atoms with E-state index in [1.807, 2.05) is 6.92 Å². The number of halogens is 1. The van der Waals surface area contributed by atoms with Gasteiger partial charge in [0.1, 0.15) is 12.4 Å². The monoisotopic (exact) mass is 279 g/mol. The summed E-state index contributed by atoms with van der Waals surface area (Å²) in [6.45, 7) is 2.80. The molecule has 2 amide bonds. The van der Waals surface area contributed by atoms with Crippen LogP contribution in [0.15, 0.2) is 18.2 Å². The predicted molar refractivity (Wildman–Crippen MR) is 72.0 cm³/mol. The first-order valence-electron chi connectivity index (χ1n) is 6.58. The van der Waals surface area contributed by atoms with Gasteiger partial charge in [-0.1, -0.05) is 6.07 Å². The first kappa shape index (κ1) is 14.5. The molecule has 0 aromatic heterocycles. The highest BCUT2D eigenvalue weighted by Crippen LogP contribution is 2.15. The number of rotatable bonds is 4. The second-order valence-electron chi connectivity index (χ2n) is 4.79. The molecule has 1 aromatic carbocycles. The Morgan fingerprint density at radius 3 is 2.50 bits per heavy atom. The van der Waals surface area contributed by atoms with Gasteiger partial charge < -0.3 is 15.5 Å². The third-order valence-electron chi connectivity index (χ3n) is 3.45. The summed E-state index contributed by atoms with van der Waals surface area (Å²) in [5.41, 5.74) is 6.71. The van der Waals surface area contributed by atoms with Crippen LogP contribution in [0.1, 0.15) is 18.1 Å². The zero-order valence-electron chi connectivity index (χ0n) is 11.4. The van der Waals surface area contributed by atoms with Crippen LogP contribution in [0.5, 0.6) is 0 Å². The van der Waals surface area contributed by atoms with Crippen LogP contribution in [0.4, 0.5) is 4.39 Å². The third kappa shape index (κ3) is 2.96. The van der Waals surface area contributed by atoms with Gasteiger partial charge in [-0.2, -0.15) is 0 Å². The molecule has 0 aliphatic carbocycles. The Labute approximate surface area is 117 Å². The molecule has 0 atom stereocenters. The zero-order valence-corrected chi connectivity index (χ0v) is 11.4. The SMILES string of the molecule is CCN1CC(=O)N(Cc2cc(CN)ccc2F)CC1=O. The van der Waals surface area contributed by atoms with Gasteiger partial charge in [-0.25, -0.2) is 4.39 Å². The quantitative estimate of drug-likeness (QED) is 0.871. The molecular formula is C14H18FN3O2. The first-order chi connectivity index (χ1) is 9.55. The molecule has 2 N–H and O–H groups in total. The van der Waals surface area contributed by atoms with Crippen LogP contribution in [-0.2, 0) is 22.7 Å². The molecule has 0 unspecified atom stereocenters. The van der Waals surface area contributed by atoms with Crippen molar-refractivity contribution in [1.82, 2.24) is 9.80 Å². The second kappa shape index (κ2) is 6.00. The number of hydrogen-bond acceptors (Lipinski definition) is 3. The molecule has 0 spiro atoms. The van der Waals surface area contributed by atoms with Crippen LogP contribution in [0.25, 0.3) is 0 Å². The van der Waals surface area contributed by atoms with Crippen LogP contribution < -0.4 is 5.73 Å². The van der Waals surface area contributed by atoms with E-state index in [0.717, 1.165) is 5.56 Å². The van der Waals surface area contributed by atoms with Crippen LogP contribution in [0.3, 0.4) is 0 Å². The third-order valence-corrected chi connectivity index (χ3v) is 3.45. The lowest BCUT2D eigenvalue weighted by molar-refractivity contribution is -0.150. The highest BCUT2D eigenvalue weighted by atomic mass is 19.1. The van der Waals surface area contributed by atoms with Crippen molar-refractivity contribution in [3.05, 3.63) is 35.1 Å². The Hall–Kier alpha value is -1.95. The smallest absolute Gasteiger partial charge is 0.242 e. The number of benzene rings is 1. The molecule has 5 nitrogen and oxygen atoms in total. The molecule has 1 heterocycles. The number of nitrogens with two attached hydrogens (primary N) is 1. The largest absolute Gasteiger partial charge is 0.332 e. The number of piperazine rings is 1. The van der Waals surface area contributed by atoms with E-state index in [4.69, 9.17) is 5.73 Å². The summed E-state index contributed by atoms with van der Waals surface area (Å²) in [5.74, 6) is -0.660. The van der Waals surface area contributed by atoms with Gasteiger partial charge in [-0.15, -0.1) is 0 Å². The molecule has 2 rings (SSSR count). The number of hydrogen-bond donors (Lipinski definition) is 1. The van der Waals surface area contributed by atoms with Gasteiger partial charge in [0.15, 0.2) is 0 Å². The lowest BCUT2D eigenvalue weighted by Gasteiger charge is -2.33. The molecule has 20 heavy (non-hydrogen) atoms. The summed E-state index contributed by atoms with van der Waals surface area (Å²) in [7, 11) is 0. The van der Waals surface area contributed by atoms with Crippen LogP contribution >= 0.6 is 0 Å². The summed E-state index contributed by atoms with van der Waals surface area (Å²) in [6.07, 6.45) is 0. The van der Waals surface area contributed by atoms with Gasteiger partial charge in [0.2, 0.25) is 11.8 Å². The molecule has 0 saturated carbocycles. The second-order valence-corrected chi connectivity index (χ2v) is 4.79. The van der Waals surface area contributed by atoms with Gasteiger partial charge >= 0.3 is 0 Å². The summed E-state index contributed by atoms with van der Waals surface area (Å²) < 4.78 is 13.8. The summed E-state index contributed by atoms with van der Waals surface area (Å²) in [4.78, 5) is 26.6. The molecule has 0 bridgehead atoms. The van der Waals surface area contributed by atoms with Gasteiger partial charge in [0.25, 0.3) is 0 Å². The Morgan fingerprint density at radius 2 is 1.85 bits per heavy atom. The first-order valence-corrected chi connectivity index (χ1v) is 6.58. The lowest BCUT2D eigenvalue weighted by atomic mass is 10.1. The zero-order chi connectivity index (χ0) is 14.7. The Bertz CT molecular complexity index is 533. The number of nitrogens with zero attached hydrogens (tertiary/aromatic N) is 2. The number of amides is 2. The van der Waals surface area contributed by atoms with E-state index in [0.29, 0.717) is 18.7 Å². The molecular weight excluding hydrogens is 261 g/mol. The minimum Gasteiger partial charge on any atom is -0.332 e. The van der Waals surface area contributed by atoms with E-state index in [1.54, 1.807) is 12.1 Å². The normalized spacial score (nSPS) is 15.9. The van der Waals surface area contributed by atoms with Crippen molar-refractivity contribution in [3.8, 4) is 0 Å². The summed E-state index contributed by atoms with van der Waals surface area (Å²) in [5, 5.41) is 0. The fraction of sp³-hybridized carbons (Fsp3) is 0.429. The molecule has 6 heteroatoms. The van der Waals surface area contributed by atoms with E-state index >= 15 is 0 Å².